The Bertz CT molecular complexity index is 606. The summed E-state index contributed by atoms with van der Waals surface area (Å²) < 4.78 is 0. The molecule has 1 aromatic carbocycles. The highest BCUT2D eigenvalue weighted by molar-refractivity contribution is 6.18. The van der Waals surface area contributed by atoms with Crippen LogP contribution in [-0.2, 0) is 9.59 Å². The van der Waals surface area contributed by atoms with Crippen molar-refractivity contribution in [3.05, 3.63) is 53.6 Å². The molecule has 0 radical (unpaired) electrons. The van der Waals surface area contributed by atoms with E-state index in [9.17, 15) is 19.8 Å². The molecule has 4 heteroatoms. The van der Waals surface area contributed by atoms with E-state index >= 15 is 0 Å². The van der Waals surface area contributed by atoms with Gasteiger partial charge >= 0.3 is 0 Å². The summed E-state index contributed by atoms with van der Waals surface area (Å²) in [5.41, 5.74) is 0.607. The molecule has 90 valence electrons. The number of allylic oxidation sites excluding steroid dienone is 5. The van der Waals surface area contributed by atoms with Crippen molar-refractivity contribution in [2.45, 2.75) is 0 Å². The Kier molecular flexibility index (Phi) is 3.10. The monoisotopic (exact) mass is 242 g/mol. The average Bonchev–Trinajstić information content (AvgIpc) is 2.34. The third-order valence-electron chi connectivity index (χ3n) is 2.43. The Morgan fingerprint density at radius 2 is 1.78 bits per heavy atom. The molecule has 18 heavy (non-hydrogen) atoms. The van der Waals surface area contributed by atoms with Crippen molar-refractivity contribution in [1.82, 2.24) is 0 Å². The van der Waals surface area contributed by atoms with Crippen molar-refractivity contribution in [1.29, 1.82) is 0 Å². The van der Waals surface area contributed by atoms with E-state index in [4.69, 9.17) is 0 Å². The molecular formula is C14H10O4. The number of phenols is 2. The number of phenolic OH excluding ortho intramolecular Hbond substituents is 2. The van der Waals surface area contributed by atoms with Crippen LogP contribution in [0, 0.1) is 0 Å². The Morgan fingerprint density at radius 1 is 1.00 bits per heavy atom. The van der Waals surface area contributed by atoms with Crippen LogP contribution in [0.1, 0.15) is 5.56 Å². The minimum atomic E-state index is -0.273. The van der Waals surface area contributed by atoms with Crippen LogP contribution in [0.4, 0.5) is 0 Å². The van der Waals surface area contributed by atoms with Gasteiger partial charge in [-0.15, -0.1) is 0 Å². The summed E-state index contributed by atoms with van der Waals surface area (Å²) in [5, 5.41) is 18.8. The first-order chi connectivity index (χ1) is 8.56. The lowest BCUT2D eigenvalue weighted by Crippen LogP contribution is -2.05. The lowest BCUT2D eigenvalue weighted by atomic mass is 10.0. The minimum absolute atomic E-state index is 0.00683. The molecule has 0 bridgehead atoms. The minimum Gasteiger partial charge on any atom is -0.508 e. The molecule has 0 amide bonds. The largest absolute Gasteiger partial charge is 0.508 e. The zero-order chi connectivity index (χ0) is 13.1. The quantitative estimate of drug-likeness (QED) is 0.612. The van der Waals surface area contributed by atoms with Gasteiger partial charge in [0.05, 0.1) is 0 Å². The molecule has 1 aromatic rings. The summed E-state index contributed by atoms with van der Waals surface area (Å²) in [6, 6.07) is 4.05. The van der Waals surface area contributed by atoms with Gasteiger partial charge in [0.2, 0.25) is 0 Å². The number of carbonyl (C=O) groups is 2. The lowest BCUT2D eigenvalue weighted by Gasteiger charge is -2.02. The lowest BCUT2D eigenvalue weighted by molar-refractivity contribution is -0.114. The van der Waals surface area contributed by atoms with Gasteiger partial charge < -0.3 is 10.2 Å². The second kappa shape index (κ2) is 4.71. The molecule has 1 aliphatic rings. The third kappa shape index (κ3) is 2.55. The van der Waals surface area contributed by atoms with Crippen molar-refractivity contribution < 1.29 is 19.8 Å². The molecule has 2 N–H and O–H groups in total. The van der Waals surface area contributed by atoms with Gasteiger partial charge in [0.25, 0.3) is 0 Å². The number of hydrogen-bond acceptors (Lipinski definition) is 4. The summed E-state index contributed by atoms with van der Waals surface area (Å²) in [7, 11) is 0. The normalized spacial score (nSPS) is 15.2. The molecule has 4 nitrogen and oxygen atoms in total. The van der Waals surface area contributed by atoms with Gasteiger partial charge in [0.15, 0.2) is 11.6 Å². The van der Waals surface area contributed by atoms with Gasteiger partial charge in [-0.25, -0.2) is 0 Å². The van der Waals surface area contributed by atoms with Crippen LogP contribution in [0.25, 0.3) is 6.08 Å². The highest BCUT2D eigenvalue weighted by Gasteiger charge is 2.10. The molecule has 0 aromatic heterocycles. The number of benzene rings is 1. The molecule has 0 spiro atoms. The van der Waals surface area contributed by atoms with Crippen molar-refractivity contribution in [2.24, 2.45) is 0 Å². The SMILES string of the molecule is O=C1C=CC(=O)C(/C=C/c2cc(O)ccc2O)=C1. The van der Waals surface area contributed by atoms with Crippen LogP contribution >= 0.6 is 0 Å². The maximum absolute atomic E-state index is 11.4. The fourth-order valence-corrected chi connectivity index (χ4v) is 1.51. The highest BCUT2D eigenvalue weighted by atomic mass is 16.3. The number of carbonyl (C=O) groups excluding carboxylic acids is 2. The molecular weight excluding hydrogens is 232 g/mol. The Balaban J connectivity index is 2.28. The van der Waals surface area contributed by atoms with Crippen molar-refractivity contribution in [3.8, 4) is 11.5 Å². The van der Waals surface area contributed by atoms with Gasteiger partial charge in [0.1, 0.15) is 11.5 Å². The summed E-state index contributed by atoms with van der Waals surface area (Å²) >= 11 is 0. The van der Waals surface area contributed by atoms with Crippen molar-refractivity contribution >= 4 is 17.6 Å². The predicted molar refractivity (Wildman–Crippen MR) is 66.0 cm³/mol. The second-order valence-corrected chi connectivity index (χ2v) is 3.78. The number of rotatable bonds is 2. The first-order valence-corrected chi connectivity index (χ1v) is 5.24. The fourth-order valence-electron chi connectivity index (χ4n) is 1.51. The molecule has 0 saturated heterocycles. The summed E-state index contributed by atoms with van der Waals surface area (Å²) in [5.74, 6) is -0.540. The number of ketones is 2. The van der Waals surface area contributed by atoms with Crippen molar-refractivity contribution in [2.75, 3.05) is 0 Å². The van der Waals surface area contributed by atoms with E-state index in [-0.39, 0.29) is 28.6 Å². The average molecular weight is 242 g/mol. The molecule has 1 aliphatic carbocycles. The van der Waals surface area contributed by atoms with E-state index in [2.05, 4.69) is 0 Å². The van der Waals surface area contributed by atoms with Crippen LogP contribution in [0.2, 0.25) is 0 Å². The zero-order valence-electron chi connectivity index (χ0n) is 9.33. The maximum Gasteiger partial charge on any atom is 0.186 e. The van der Waals surface area contributed by atoms with E-state index in [1.807, 2.05) is 0 Å². The zero-order valence-corrected chi connectivity index (χ0v) is 9.33. The Labute approximate surface area is 103 Å². The molecule has 0 aliphatic heterocycles. The van der Waals surface area contributed by atoms with Gasteiger partial charge in [-0.1, -0.05) is 12.2 Å². The summed E-state index contributed by atoms with van der Waals surface area (Å²) in [4.78, 5) is 22.6. The van der Waals surface area contributed by atoms with Gasteiger partial charge in [0, 0.05) is 11.1 Å². The summed E-state index contributed by atoms with van der Waals surface area (Å²) in [6.07, 6.45) is 6.51. The topological polar surface area (TPSA) is 74.6 Å². The summed E-state index contributed by atoms with van der Waals surface area (Å²) in [6.45, 7) is 0. The van der Waals surface area contributed by atoms with E-state index in [1.165, 1.54) is 48.6 Å². The van der Waals surface area contributed by atoms with Crippen LogP contribution < -0.4 is 0 Å². The molecule has 0 heterocycles. The van der Waals surface area contributed by atoms with E-state index < -0.39 is 0 Å². The Hall–Kier alpha value is -2.62. The second-order valence-electron chi connectivity index (χ2n) is 3.78. The van der Waals surface area contributed by atoms with Gasteiger partial charge in [-0.05, 0) is 36.4 Å². The molecule has 0 atom stereocenters. The van der Waals surface area contributed by atoms with Gasteiger partial charge in [-0.3, -0.25) is 9.59 Å². The first kappa shape index (κ1) is 11.9. The highest BCUT2D eigenvalue weighted by Crippen LogP contribution is 2.24. The predicted octanol–water partition coefficient (Wildman–Crippen LogP) is 1.75. The molecule has 0 saturated carbocycles. The van der Waals surface area contributed by atoms with Crippen LogP contribution in [-0.4, -0.2) is 21.8 Å². The van der Waals surface area contributed by atoms with E-state index in [0.717, 1.165) is 0 Å². The third-order valence-corrected chi connectivity index (χ3v) is 2.43. The smallest absolute Gasteiger partial charge is 0.186 e. The van der Waals surface area contributed by atoms with Crippen molar-refractivity contribution in [3.63, 3.8) is 0 Å². The van der Waals surface area contributed by atoms with Gasteiger partial charge in [-0.2, -0.15) is 0 Å². The Morgan fingerprint density at radius 3 is 2.56 bits per heavy atom. The number of aromatic hydroxyl groups is 2. The fraction of sp³-hybridized carbons (Fsp3) is 0. The molecule has 0 unspecified atom stereocenters. The first-order valence-electron chi connectivity index (χ1n) is 5.24. The van der Waals surface area contributed by atoms with Crippen LogP contribution in [0.15, 0.2) is 48.1 Å². The maximum atomic E-state index is 11.4. The number of hydrogen-bond donors (Lipinski definition) is 2. The van der Waals surface area contributed by atoms with E-state index in [1.54, 1.807) is 0 Å². The van der Waals surface area contributed by atoms with E-state index in [0.29, 0.717) is 5.56 Å². The van der Waals surface area contributed by atoms with Crippen LogP contribution in [0.3, 0.4) is 0 Å². The standard InChI is InChI=1S/C14H10O4/c15-11-3-5-13(17)9(7-11)1-2-10-8-12(16)4-6-14(10)18/h1-8,15,17H/b2-1+. The van der Waals surface area contributed by atoms with Crippen LogP contribution in [0.5, 0.6) is 11.5 Å². The molecule has 2 rings (SSSR count). The molecule has 0 fully saturated rings.